The quantitative estimate of drug-likeness (QED) is 0.774. The van der Waals surface area contributed by atoms with Crippen molar-refractivity contribution >= 4 is 23.6 Å². The smallest absolute Gasteiger partial charge is 0.414 e. The van der Waals surface area contributed by atoms with Gasteiger partial charge in [-0.25, -0.2) is 4.79 Å². The Morgan fingerprint density at radius 2 is 1.85 bits per heavy atom. The fraction of sp³-hybridized carbons (Fsp3) is 0.526. The van der Waals surface area contributed by atoms with Crippen LogP contribution in [0.4, 0.5) is 10.5 Å². The Hall–Kier alpha value is -2.61. The molecule has 0 radical (unpaired) electrons. The highest BCUT2D eigenvalue weighted by Crippen LogP contribution is 2.58. The number of rotatable bonds is 5. The van der Waals surface area contributed by atoms with Crippen molar-refractivity contribution in [1.82, 2.24) is 10.2 Å². The summed E-state index contributed by atoms with van der Waals surface area (Å²) in [4.78, 5) is 37.9. The van der Waals surface area contributed by atoms with E-state index in [1.54, 1.807) is 9.80 Å². The molecule has 1 aliphatic carbocycles. The Morgan fingerprint density at radius 3 is 2.44 bits per heavy atom. The van der Waals surface area contributed by atoms with Crippen molar-refractivity contribution in [3.05, 3.63) is 29.8 Å². The van der Waals surface area contributed by atoms with Crippen LogP contribution in [0.2, 0.25) is 0 Å². The van der Waals surface area contributed by atoms with Crippen molar-refractivity contribution in [2.24, 2.45) is 11.8 Å². The molecule has 4 rings (SSSR count). The fourth-order valence-electron chi connectivity index (χ4n) is 4.30. The van der Waals surface area contributed by atoms with Crippen LogP contribution in [0.1, 0.15) is 18.4 Å². The molecular weight excluding hydrogens is 350 g/mol. The van der Waals surface area contributed by atoms with Gasteiger partial charge in [0.15, 0.2) is 0 Å². The molecule has 2 aliphatic heterocycles. The molecule has 144 valence electrons. The minimum absolute atomic E-state index is 0.150. The van der Waals surface area contributed by atoms with E-state index in [2.05, 4.69) is 5.32 Å². The topological polar surface area (TPSA) is 99.2 Å². The molecule has 1 unspecified atom stereocenters. The number of amides is 3. The van der Waals surface area contributed by atoms with Crippen LogP contribution in [-0.2, 0) is 14.3 Å². The second kappa shape index (κ2) is 6.84. The lowest BCUT2D eigenvalue weighted by Gasteiger charge is -2.19. The number of fused-ring (bicyclic) bond motifs is 1. The largest absolute Gasteiger partial charge is 0.442 e. The summed E-state index contributed by atoms with van der Waals surface area (Å²) in [5, 5.41) is 11.6. The molecule has 0 bridgehead atoms. The third-order valence-corrected chi connectivity index (χ3v) is 5.72. The van der Waals surface area contributed by atoms with Crippen molar-refractivity contribution in [3.63, 3.8) is 0 Å². The zero-order valence-electron chi connectivity index (χ0n) is 15.1. The molecule has 1 aromatic rings. The first-order valence-electron chi connectivity index (χ1n) is 9.19. The SMILES string of the molecule is CC(=O)NC[C@H]1CN(c2ccc(C3[C@H]4CN(C(=O)CO)C[C@@H]34)cc2)C(=O)O1. The molecule has 4 atom stereocenters. The van der Waals surface area contributed by atoms with Gasteiger partial charge in [-0.1, -0.05) is 12.1 Å². The third-order valence-electron chi connectivity index (χ3n) is 5.72. The molecule has 0 aromatic heterocycles. The first kappa shape index (κ1) is 17.8. The van der Waals surface area contributed by atoms with Crippen LogP contribution in [0.3, 0.4) is 0 Å². The van der Waals surface area contributed by atoms with Crippen molar-refractivity contribution in [2.45, 2.75) is 18.9 Å². The Bertz CT molecular complexity index is 753. The molecule has 3 aliphatic rings. The van der Waals surface area contributed by atoms with E-state index in [1.807, 2.05) is 24.3 Å². The number of likely N-dealkylation sites (tertiary alicyclic amines) is 1. The number of piperidine rings is 1. The average molecular weight is 373 g/mol. The molecule has 2 saturated heterocycles. The fourth-order valence-corrected chi connectivity index (χ4v) is 4.30. The number of nitrogens with one attached hydrogen (secondary N) is 1. The first-order valence-corrected chi connectivity index (χ1v) is 9.19. The highest BCUT2D eigenvalue weighted by atomic mass is 16.6. The number of hydrogen-bond donors (Lipinski definition) is 2. The maximum atomic E-state index is 12.1. The summed E-state index contributed by atoms with van der Waals surface area (Å²) in [6, 6.07) is 7.90. The standard InChI is InChI=1S/C19H23N3O5/c1-11(24)20-6-14-7-22(19(26)27-14)13-4-2-12(3-5-13)18-15-8-21(9-16(15)18)17(25)10-23/h2-5,14-16,18,23H,6-10H2,1H3,(H,20,24)/t14-,15-,16+,18?/m0/s1. The van der Waals surface area contributed by atoms with Crippen LogP contribution in [0, 0.1) is 11.8 Å². The zero-order valence-corrected chi connectivity index (χ0v) is 15.1. The second-order valence-corrected chi connectivity index (χ2v) is 7.46. The number of cyclic esters (lactones) is 1. The average Bonchev–Trinajstić information content (AvgIpc) is 2.99. The van der Waals surface area contributed by atoms with Crippen LogP contribution >= 0.6 is 0 Å². The van der Waals surface area contributed by atoms with Gasteiger partial charge in [0.2, 0.25) is 11.8 Å². The number of benzene rings is 1. The van der Waals surface area contributed by atoms with Crippen molar-refractivity contribution in [2.75, 3.05) is 37.7 Å². The zero-order chi connectivity index (χ0) is 19.1. The molecule has 0 spiro atoms. The molecule has 27 heavy (non-hydrogen) atoms. The Kier molecular flexibility index (Phi) is 4.51. The summed E-state index contributed by atoms with van der Waals surface area (Å²) in [6.07, 6.45) is -0.751. The highest BCUT2D eigenvalue weighted by Gasteiger charge is 2.56. The monoisotopic (exact) mass is 373 g/mol. The second-order valence-electron chi connectivity index (χ2n) is 7.46. The summed E-state index contributed by atoms with van der Waals surface area (Å²) in [5.41, 5.74) is 1.99. The summed E-state index contributed by atoms with van der Waals surface area (Å²) in [7, 11) is 0. The lowest BCUT2D eigenvalue weighted by atomic mass is 10.1. The predicted molar refractivity (Wildman–Crippen MR) is 96.1 cm³/mol. The molecule has 1 aromatic carbocycles. The Morgan fingerprint density at radius 1 is 1.19 bits per heavy atom. The summed E-state index contributed by atoms with van der Waals surface area (Å²) < 4.78 is 5.29. The van der Waals surface area contributed by atoms with E-state index in [0.717, 1.165) is 5.69 Å². The number of ether oxygens (including phenoxy) is 1. The minimum atomic E-state index is -0.423. The Labute approximate surface area is 157 Å². The number of nitrogens with zero attached hydrogens (tertiary/aromatic N) is 2. The maximum absolute atomic E-state index is 12.1. The maximum Gasteiger partial charge on any atom is 0.414 e. The summed E-state index contributed by atoms with van der Waals surface area (Å²) in [6.45, 7) is 3.14. The van der Waals surface area contributed by atoms with Crippen molar-refractivity contribution in [3.8, 4) is 0 Å². The number of aliphatic hydroxyl groups is 1. The number of anilines is 1. The molecule has 2 heterocycles. The number of carbonyl (C=O) groups excluding carboxylic acids is 3. The predicted octanol–water partition coefficient (Wildman–Crippen LogP) is 0.312. The normalized spacial score (nSPS) is 28.7. The molecule has 3 amide bonds. The molecular formula is C19H23N3O5. The van der Waals surface area contributed by atoms with E-state index in [0.29, 0.717) is 43.9 Å². The van der Waals surface area contributed by atoms with Gasteiger partial charge < -0.3 is 20.1 Å². The van der Waals surface area contributed by atoms with Crippen molar-refractivity contribution < 1.29 is 24.2 Å². The summed E-state index contributed by atoms with van der Waals surface area (Å²) >= 11 is 0. The number of aliphatic hydroxyl groups excluding tert-OH is 1. The van der Waals surface area contributed by atoms with Gasteiger partial charge in [-0.3, -0.25) is 14.5 Å². The van der Waals surface area contributed by atoms with Crippen LogP contribution in [0.25, 0.3) is 0 Å². The first-order chi connectivity index (χ1) is 13.0. The highest BCUT2D eigenvalue weighted by molar-refractivity contribution is 5.89. The molecule has 2 N–H and O–H groups in total. The van der Waals surface area contributed by atoms with E-state index in [4.69, 9.17) is 9.84 Å². The molecule has 8 heteroatoms. The van der Waals surface area contributed by atoms with E-state index in [1.165, 1.54) is 12.5 Å². The van der Waals surface area contributed by atoms with Gasteiger partial charge in [0.1, 0.15) is 12.7 Å². The van der Waals surface area contributed by atoms with Gasteiger partial charge in [0.05, 0.1) is 13.1 Å². The molecule has 1 saturated carbocycles. The van der Waals surface area contributed by atoms with Gasteiger partial charge in [-0.2, -0.15) is 0 Å². The van der Waals surface area contributed by atoms with E-state index >= 15 is 0 Å². The summed E-state index contributed by atoms with van der Waals surface area (Å²) in [5.74, 6) is 1.02. The molecule has 8 nitrogen and oxygen atoms in total. The van der Waals surface area contributed by atoms with Gasteiger partial charge in [0.25, 0.3) is 0 Å². The van der Waals surface area contributed by atoms with Crippen LogP contribution in [-0.4, -0.2) is 66.8 Å². The molecule has 3 fully saturated rings. The van der Waals surface area contributed by atoms with Crippen molar-refractivity contribution in [1.29, 1.82) is 0 Å². The van der Waals surface area contributed by atoms with E-state index < -0.39 is 12.7 Å². The Balaban J connectivity index is 1.35. The third kappa shape index (κ3) is 3.37. The van der Waals surface area contributed by atoms with Gasteiger partial charge in [-0.15, -0.1) is 0 Å². The van der Waals surface area contributed by atoms with Crippen LogP contribution in [0.5, 0.6) is 0 Å². The van der Waals surface area contributed by atoms with E-state index in [-0.39, 0.29) is 17.9 Å². The van der Waals surface area contributed by atoms with Gasteiger partial charge in [0, 0.05) is 25.7 Å². The lowest BCUT2D eigenvalue weighted by Crippen LogP contribution is -2.33. The lowest BCUT2D eigenvalue weighted by molar-refractivity contribution is -0.133. The number of hydrogen-bond acceptors (Lipinski definition) is 5. The number of carbonyl (C=O) groups is 3. The minimum Gasteiger partial charge on any atom is -0.442 e. The van der Waals surface area contributed by atoms with Crippen LogP contribution < -0.4 is 10.2 Å². The van der Waals surface area contributed by atoms with Gasteiger partial charge in [-0.05, 0) is 35.4 Å². The van der Waals surface area contributed by atoms with Crippen LogP contribution in [0.15, 0.2) is 24.3 Å². The van der Waals surface area contributed by atoms with E-state index in [9.17, 15) is 14.4 Å². The van der Waals surface area contributed by atoms with Gasteiger partial charge >= 0.3 is 6.09 Å².